The summed E-state index contributed by atoms with van der Waals surface area (Å²) in [6, 6.07) is 15.9. The number of methoxy groups -OCH3 is 1. The van der Waals surface area contributed by atoms with Gasteiger partial charge in [-0.25, -0.2) is 9.59 Å². The number of carbonyl (C=O) groups is 4. The van der Waals surface area contributed by atoms with Gasteiger partial charge in [0.05, 0.1) is 37.0 Å². The molecule has 3 aromatic carbocycles. The number of amides is 2. The van der Waals surface area contributed by atoms with E-state index in [9.17, 15) is 32.3 Å². The minimum Gasteiger partial charge on any atom is -0.465 e. The van der Waals surface area contributed by atoms with Crippen molar-refractivity contribution in [2.24, 2.45) is 0 Å². The lowest BCUT2D eigenvalue weighted by Crippen LogP contribution is -2.37. The molecule has 1 fully saturated rings. The van der Waals surface area contributed by atoms with Crippen molar-refractivity contribution < 1.29 is 46.6 Å². The van der Waals surface area contributed by atoms with Crippen LogP contribution in [0, 0.1) is 0 Å². The van der Waals surface area contributed by atoms with Crippen molar-refractivity contribution in [2.75, 3.05) is 23.9 Å². The van der Waals surface area contributed by atoms with Gasteiger partial charge < -0.3 is 24.4 Å². The molecule has 0 bridgehead atoms. The van der Waals surface area contributed by atoms with E-state index in [4.69, 9.17) is 17.0 Å². The molecule has 14 heteroatoms. The van der Waals surface area contributed by atoms with Crippen molar-refractivity contribution in [3.8, 4) is 5.75 Å². The maximum atomic E-state index is 13.7. The zero-order valence-electron chi connectivity index (χ0n) is 23.4. The predicted octanol–water partition coefficient (Wildman–Crippen LogP) is 5.08. The molecule has 1 saturated heterocycles. The number of hydrogen-bond acceptors (Lipinski definition) is 8. The molecule has 0 saturated carbocycles. The molecule has 0 spiro atoms. The zero-order valence-corrected chi connectivity index (χ0v) is 24.2. The van der Waals surface area contributed by atoms with E-state index in [0.717, 1.165) is 12.1 Å². The van der Waals surface area contributed by atoms with E-state index in [1.807, 2.05) is 0 Å². The fourth-order valence-corrected chi connectivity index (χ4v) is 4.79. The summed E-state index contributed by atoms with van der Waals surface area (Å²) in [5.74, 6) is -2.55. The predicted molar refractivity (Wildman–Crippen MR) is 156 cm³/mol. The Bertz CT molecular complexity index is 1550. The van der Waals surface area contributed by atoms with Gasteiger partial charge in [-0.05, 0) is 85.4 Å². The summed E-state index contributed by atoms with van der Waals surface area (Å²) >= 11 is 5.64. The number of nitrogens with zero attached hydrogens (tertiary/aromatic N) is 2. The number of esters is 2. The molecule has 3 aromatic rings. The Kier molecular flexibility index (Phi) is 9.83. The number of benzene rings is 3. The second kappa shape index (κ2) is 13.5. The van der Waals surface area contributed by atoms with Crippen molar-refractivity contribution in [2.45, 2.75) is 32.3 Å². The smallest absolute Gasteiger partial charge is 0.465 e. The molecule has 0 aliphatic carbocycles. The fraction of sp³-hybridized carbons (Fsp3) is 0.233. The molecule has 1 atom stereocenters. The third kappa shape index (κ3) is 7.69. The quantitative estimate of drug-likeness (QED) is 0.242. The molecule has 44 heavy (non-hydrogen) atoms. The summed E-state index contributed by atoms with van der Waals surface area (Å²) in [6.45, 7) is 1.85. The van der Waals surface area contributed by atoms with Crippen LogP contribution in [-0.4, -0.2) is 59.9 Å². The van der Waals surface area contributed by atoms with Crippen LogP contribution in [0.2, 0.25) is 0 Å². The lowest BCUT2D eigenvalue weighted by molar-refractivity contribution is -0.274. The summed E-state index contributed by atoms with van der Waals surface area (Å²) in [5.41, 5.74) is 1.75. The minimum atomic E-state index is -4.86. The minimum absolute atomic E-state index is 0.0138. The largest absolute Gasteiger partial charge is 0.573 e. The Hall–Kier alpha value is -4.98. The Balaban J connectivity index is 1.57. The van der Waals surface area contributed by atoms with Gasteiger partial charge in [-0.1, -0.05) is 12.1 Å². The molecule has 230 valence electrons. The molecule has 1 heterocycles. The van der Waals surface area contributed by atoms with Gasteiger partial charge in [-0.15, -0.1) is 13.2 Å². The highest BCUT2D eigenvalue weighted by atomic mass is 32.1. The summed E-state index contributed by atoms with van der Waals surface area (Å²) in [6.07, 6.45) is -5.18. The van der Waals surface area contributed by atoms with Crippen LogP contribution >= 0.6 is 12.2 Å². The average molecular weight is 630 g/mol. The first-order valence-corrected chi connectivity index (χ1v) is 13.6. The molecule has 1 N–H and O–H groups in total. The van der Waals surface area contributed by atoms with Crippen molar-refractivity contribution >= 4 is 52.5 Å². The van der Waals surface area contributed by atoms with Gasteiger partial charge in [0.2, 0.25) is 5.91 Å². The number of nitrogens with one attached hydrogen (secondary N) is 1. The molecular formula is C30H26F3N3O7S. The Morgan fingerprint density at radius 2 is 1.50 bits per heavy atom. The number of thiocarbonyl (C=S) groups is 1. The van der Waals surface area contributed by atoms with E-state index >= 15 is 0 Å². The first-order chi connectivity index (χ1) is 20.9. The van der Waals surface area contributed by atoms with Crippen LogP contribution in [-0.2, 0) is 25.6 Å². The highest BCUT2D eigenvalue weighted by Crippen LogP contribution is 2.30. The molecule has 0 aromatic heterocycles. The normalized spacial score (nSPS) is 14.8. The second-order valence-electron chi connectivity index (χ2n) is 9.38. The molecular weight excluding hydrogens is 603 g/mol. The average Bonchev–Trinajstić information content (AvgIpc) is 3.21. The van der Waals surface area contributed by atoms with Crippen LogP contribution in [0.3, 0.4) is 0 Å². The third-order valence-corrected chi connectivity index (χ3v) is 6.85. The highest BCUT2D eigenvalue weighted by Gasteiger charge is 2.44. The zero-order chi connectivity index (χ0) is 32.0. The second-order valence-corrected chi connectivity index (χ2v) is 9.75. The molecule has 1 aliphatic heterocycles. The van der Waals surface area contributed by atoms with Gasteiger partial charge in [-0.2, -0.15) is 0 Å². The maximum absolute atomic E-state index is 13.7. The van der Waals surface area contributed by atoms with Crippen molar-refractivity contribution in [3.05, 3.63) is 89.5 Å². The van der Waals surface area contributed by atoms with E-state index in [2.05, 4.69) is 14.8 Å². The summed E-state index contributed by atoms with van der Waals surface area (Å²) < 4.78 is 51.4. The number of alkyl halides is 3. The van der Waals surface area contributed by atoms with E-state index in [1.54, 1.807) is 6.92 Å². The van der Waals surface area contributed by atoms with Gasteiger partial charge in [-0.3, -0.25) is 14.5 Å². The van der Waals surface area contributed by atoms with Gasteiger partial charge in [0.25, 0.3) is 5.91 Å². The van der Waals surface area contributed by atoms with Crippen LogP contribution in [0.25, 0.3) is 0 Å². The van der Waals surface area contributed by atoms with Crippen LogP contribution < -0.4 is 15.0 Å². The topological polar surface area (TPSA) is 114 Å². The van der Waals surface area contributed by atoms with Gasteiger partial charge in [0, 0.05) is 12.2 Å². The van der Waals surface area contributed by atoms with Crippen molar-refractivity contribution in [1.82, 2.24) is 4.90 Å². The fourth-order valence-electron chi connectivity index (χ4n) is 4.40. The summed E-state index contributed by atoms with van der Waals surface area (Å²) in [7, 11) is 1.25. The maximum Gasteiger partial charge on any atom is 0.573 e. The van der Waals surface area contributed by atoms with E-state index < -0.39 is 41.9 Å². The highest BCUT2D eigenvalue weighted by molar-refractivity contribution is 7.80. The first kappa shape index (κ1) is 31.9. The number of ether oxygens (including phenoxy) is 3. The SMILES string of the molecule is CCOC(=O)c1ccc(N2C(=O)C(CC(=O)Nc3ccc(C(=O)OC)cc3)N(Cc3ccc(OC(F)(F)F)cc3)C2=S)cc1. The summed E-state index contributed by atoms with van der Waals surface area (Å²) in [4.78, 5) is 53.3. The Morgan fingerprint density at radius 1 is 0.909 bits per heavy atom. The van der Waals surface area contributed by atoms with E-state index in [1.165, 1.54) is 77.6 Å². The van der Waals surface area contributed by atoms with E-state index in [-0.39, 0.29) is 35.8 Å². The monoisotopic (exact) mass is 629 g/mol. The molecule has 1 aliphatic rings. The number of anilines is 2. The van der Waals surface area contributed by atoms with Crippen LogP contribution in [0.4, 0.5) is 24.5 Å². The van der Waals surface area contributed by atoms with Crippen molar-refractivity contribution in [1.29, 1.82) is 0 Å². The lowest BCUT2D eigenvalue weighted by Gasteiger charge is -2.24. The molecule has 2 amide bonds. The van der Waals surface area contributed by atoms with Crippen molar-refractivity contribution in [3.63, 3.8) is 0 Å². The first-order valence-electron chi connectivity index (χ1n) is 13.1. The molecule has 1 unspecified atom stereocenters. The van der Waals surface area contributed by atoms with Gasteiger partial charge in [0.1, 0.15) is 11.8 Å². The van der Waals surface area contributed by atoms with E-state index in [0.29, 0.717) is 16.9 Å². The van der Waals surface area contributed by atoms with Gasteiger partial charge in [0.15, 0.2) is 5.11 Å². The lowest BCUT2D eigenvalue weighted by atomic mass is 10.1. The Labute approximate surface area is 255 Å². The molecule has 4 rings (SSSR count). The number of hydrogen-bond donors (Lipinski definition) is 1. The number of rotatable bonds is 10. The van der Waals surface area contributed by atoms with Crippen LogP contribution in [0.15, 0.2) is 72.8 Å². The molecule has 10 nitrogen and oxygen atoms in total. The van der Waals surface area contributed by atoms with Gasteiger partial charge >= 0.3 is 18.3 Å². The standard InChI is InChI=1S/C30H26F3N3O7S/c1-3-42-28(40)20-8-12-22(13-9-20)36-26(38)24(16-25(37)34-21-10-6-19(7-11-21)27(39)41-2)35(29(36)44)17-18-4-14-23(15-5-18)43-30(31,32)33/h4-15,24H,3,16-17H2,1-2H3,(H,34,37). The van der Waals surface area contributed by atoms with Crippen LogP contribution in [0.1, 0.15) is 39.6 Å². The number of halogens is 3. The molecule has 0 radical (unpaired) electrons. The van der Waals surface area contributed by atoms with Crippen LogP contribution in [0.5, 0.6) is 5.75 Å². The Morgan fingerprint density at radius 3 is 2.07 bits per heavy atom. The third-order valence-electron chi connectivity index (χ3n) is 6.43. The number of carbonyl (C=O) groups excluding carboxylic acids is 4. The summed E-state index contributed by atoms with van der Waals surface area (Å²) in [5, 5.41) is 2.73.